The summed E-state index contributed by atoms with van der Waals surface area (Å²) in [7, 11) is -2.70. The smallest absolute Gasteiger partial charge is 0.449 e. The molecule has 0 bridgehead atoms. The van der Waals surface area contributed by atoms with Crippen molar-refractivity contribution in [1.82, 2.24) is 14.9 Å². The van der Waals surface area contributed by atoms with Gasteiger partial charge in [0.15, 0.2) is 5.78 Å². The number of anilines is 1. The predicted molar refractivity (Wildman–Crippen MR) is 143 cm³/mol. The zero-order valence-corrected chi connectivity index (χ0v) is 22.9. The third-order valence-corrected chi connectivity index (χ3v) is 7.02. The molecule has 2 heterocycles. The molecular weight excluding hydrogens is 583 g/mol. The molecule has 0 amide bonds. The lowest BCUT2D eigenvalue weighted by Gasteiger charge is -2.20. The highest BCUT2D eigenvalue weighted by molar-refractivity contribution is 7.84. The van der Waals surface area contributed by atoms with Crippen LogP contribution in [-0.2, 0) is 27.2 Å². The van der Waals surface area contributed by atoms with Crippen molar-refractivity contribution < 1.29 is 45.2 Å². The zero-order chi connectivity index (χ0) is 30.7. The molecule has 4 atom stereocenters. The minimum Gasteiger partial charge on any atom is -0.455 e. The number of nitrogens with two attached hydrogens (primary N) is 1. The van der Waals surface area contributed by atoms with Gasteiger partial charge in [0.05, 0.1) is 30.9 Å². The van der Waals surface area contributed by atoms with Gasteiger partial charge in [-0.15, -0.1) is 0 Å². The molecule has 1 aliphatic carbocycles. The van der Waals surface area contributed by atoms with Crippen LogP contribution < -0.4 is 10.5 Å². The number of hydrogen-bond acceptors (Lipinski definition) is 11. The number of aliphatic hydroxyl groups is 2. The van der Waals surface area contributed by atoms with Gasteiger partial charge in [-0.25, -0.2) is 15.1 Å². The molecule has 42 heavy (non-hydrogen) atoms. The van der Waals surface area contributed by atoms with Gasteiger partial charge in [-0.1, -0.05) is 30.3 Å². The largest absolute Gasteiger partial charge is 0.455 e. The van der Waals surface area contributed by atoms with Crippen molar-refractivity contribution in [3.8, 4) is 0 Å². The molecule has 0 saturated heterocycles. The number of furan rings is 1. The first-order chi connectivity index (χ1) is 19.7. The molecule has 1 saturated carbocycles. The van der Waals surface area contributed by atoms with Gasteiger partial charge < -0.3 is 24.8 Å². The highest BCUT2D eigenvalue weighted by Gasteiger charge is 2.42. The van der Waals surface area contributed by atoms with Crippen LogP contribution in [0, 0.1) is 5.92 Å². The van der Waals surface area contributed by atoms with E-state index in [9.17, 15) is 36.6 Å². The number of carbonyl (C=O) groups is 1. The first kappa shape index (κ1) is 31.1. The highest BCUT2D eigenvalue weighted by atomic mass is 32.2. The summed E-state index contributed by atoms with van der Waals surface area (Å²) < 4.78 is 70.6. The number of aromatic nitrogens is 2. The molecule has 0 spiro atoms. The molecule has 12 nitrogen and oxygen atoms in total. The van der Waals surface area contributed by atoms with E-state index in [-0.39, 0.29) is 35.7 Å². The number of hydrogen-bond donors (Lipinski definition) is 4. The van der Waals surface area contributed by atoms with E-state index in [1.165, 1.54) is 29.7 Å². The van der Waals surface area contributed by atoms with E-state index in [0.29, 0.717) is 5.56 Å². The molecule has 1 fully saturated rings. The van der Waals surface area contributed by atoms with E-state index in [1.54, 1.807) is 37.4 Å². The Balaban J connectivity index is 1.59. The summed E-state index contributed by atoms with van der Waals surface area (Å²) in [5, 5.41) is 28.8. The van der Waals surface area contributed by atoms with Crippen molar-refractivity contribution in [3.05, 3.63) is 83.8 Å². The maximum absolute atomic E-state index is 13.9. The van der Waals surface area contributed by atoms with Crippen molar-refractivity contribution in [2.75, 3.05) is 19.0 Å². The lowest BCUT2D eigenvalue weighted by Crippen LogP contribution is -2.36. The first-order valence-corrected chi connectivity index (χ1v) is 14.0. The fourth-order valence-electron chi connectivity index (χ4n) is 4.56. The molecule has 0 radical (unpaired) electrons. The number of aliphatic hydroxyl groups excluding tert-OH is 2. The number of Topliss-reactive ketones (excluding diaryl/α,β-unsaturated/α-hetero) is 1. The van der Waals surface area contributed by atoms with Crippen LogP contribution in [0.4, 0.5) is 19.0 Å². The molecule has 2 aromatic heterocycles. The minimum atomic E-state index is -4.63. The van der Waals surface area contributed by atoms with Crippen LogP contribution in [0.5, 0.6) is 0 Å². The average Bonchev–Trinajstić information content (AvgIpc) is 3.51. The monoisotopic (exact) mass is 611 g/mol. The summed E-state index contributed by atoms with van der Waals surface area (Å²) in [6.07, 6.45) is -3.39. The first-order valence-electron chi connectivity index (χ1n) is 12.5. The number of alkyl halides is 3. The molecule has 0 aliphatic heterocycles. The Morgan fingerprint density at radius 3 is 2.57 bits per heavy atom. The molecule has 1 aliphatic rings. The van der Waals surface area contributed by atoms with Crippen molar-refractivity contribution in [2.24, 2.45) is 11.1 Å². The number of halogens is 3. The van der Waals surface area contributed by atoms with Crippen molar-refractivity contribution in [2.45, 2.75) is 37.4 Å². The molecule has 0 unspecified atom stereocenters. The molecule has 226 valence electrons. The van der Waals surface area contributed by atoms with E-state index in [2.05, 4.69) is 19.5 Å². The normalized spacial score (nSPS) is 21.4. The predicted octanol–water partition coefficient (Wildman–Crippen LogP) is 2.19. The number of nitrogens with one attached hydrogen (secondary N) is 1. The number of allylic oxidation sites excluding steroid dienone is 1. The topological polar surface area (TPSA) is 181 Å². The molecule has 16 heteroatoms. The number of rotatable bonds is 11. The van der Waals surface area contributed by atoms with Gasteiger partial charge >= 0.3 is 16.5 Å². The SMILES string of the molecule is CN(/C=C(/C(=O)c1cncnc1N[C@@H]1C[C@H](COS(N)(=O)=O)[C@@H](O)[C@H]1O)c1ccccc1)Cc1ccc(C(F)(F)F)o1. The number of benzene rings is 1. The van der Waals surface area contributed by atoms with Crippen molar-refractivity contribution in [3.63, 3.8) is 0 Å². The third kappa shape index (κ3) is 7.71. The van der Waals surface area contributed by atoms with Gasteiger partial charge in [0.25, 0.3) is 0 Å². The molecular formula is C26H28F3N5O7S. The van der Waals surface area contributed by atoms with Gasteiger partial charge in [0, 0.05) is 30.9 Å². The Kier molecular flexibility index (Phi) is 9.32. The Labute approximate surface area is 238 Å². The summed E-state index contributed by atoms with van der Waals surface area (Å²) >= 11 is 0. The quantitative estimate of drug-likeness (QED) is 0.184. The zero-order valence-electron chi connectivity index (χ0n) is 22.1. The molecule has 4 rings (SSSR count). The number of ketones is 1. The van der Waals surface area contributed by atoms with Crippen LogP contribution in [0.1, 0.15) is 33.9 Å². The van der Waals surface area contributed by atoms with Crippen LogP contribution in [0.15, 0.2) is 65.6 Å². The van der Waals surface area contributed by atoms with E-state index >= 15 is 0 Å². The standard InChI is InChI=1S/C26H28F3N5O7S/c1-34(11-17-7-8-21(41-17)26(27,28)29)12-19(15-5-3-2-4-6-15)23(36)18-10-31-14-32-25(18)33-20-9-16(22(35)24(20)37)13-40-42(30,38)39/h2-8,10,12,14,16,20,22,24,35,37H,9,11,13H2,1H3,(H2,30,38,39)(H,31,32,33)/b19-12+/t16-,20-,22-,24+/m1/s1. The second-order valence-corrected chi connectivity index (χ2v) is 10.9. The summed E-state index contributed by atoms with van der Waals surface area (Å²) in [4.78, 5) is 23.5. The number of nitrogens with zero attached hydrogens (tertiary/aromatic N) is 3. The summed E-state index contributed by atoms with van der Waals surface area (Å²) in [6, 6.07) is 9.70. The van der Waals surface area contributed by atoms with E-state index < -0.39 is 58.8 Å². The molecule has 1 aromatic carbocycles. The molecule has 3 aromatic rings. The fourth-order valence-corrected chi connectivity index (χ4v) is 4.92. The Morgan fingerprint density at radius 2 is 1.93 bits per heavy atom. The summed E-state index contributed by atoms with van der Waals surface area (Å²) in [5.74, 6) is -2.41. The lowest BCUT2D eigenvalue weighted by molar-refractivity contribution is -0.153. The maximum Gasteiger partial charge on any atom is 0.449 e. The van der Waals surface area contributed by atoms with Gasteiger partial charge in [-0.05, 0) is 24.1 Å². The van der Waals surface area contributed by atoms with E-state index in [0.717, 1.165) is 6.07 Å². The Bertz CT molecular complexity index is 1530. The molecule has 5 N–H and O–H groups in total. The Morgan fingerprint density at radius 1 is 1.21 bits per heavy atom. The maximum atomic E-state index is 13.9. The van der Waals surface area contributed by atoms with Gasteiger partial charge in [-0.2, -0.15) is 21.6 Å². The Hall–Kier alpha value is -3.83. The highest BCUT2D eigenvalue weighted by Crippen LogP contribution is 2.32. The van der Waals surface area contributed by atoms with Gasteiger partial charge in [0.1, 0.15) is 24.0 Å². The third-order valence-electron chi connectivity index (χ3n) is 6.55. The van der Waals surface area contributed by atoms with E-state index in [4.69, 9.17) is 9.56 Å². The van der Waals surface area contributed by atoms with Gasteiger partial charge in [-0.3, -0.25) is 8.98 Å². The second kappa shape index (κ2) is 12.6. The van der Waals surface area contributed by atoms with E-state index in [1.807, 2.05) is 0 Å². The van der Waals surface area contributed by atoms with Crippen LogP contribution in [0.25, 0.3) is 5.57 Å². The van der Waals surface area contributed by atoms with Crippen LogP contribution in [0.3, 0.4) is 0 Å². The van der Waals surface area contributed by atoms with Crippen LogP contribution >= 0.6 is 0 Å². The fraction of sp³-hybridized carbons (Fsp3) is 0.346. The lowest BCUT2D eigenvalue weighted by atomic mass is 9.98. The van der Waals surface area contributed by atoms with Crippen LogP contribution in [-0.4, -0.2) is 71.2 Å². The second-order valence-electron chi connectivity index (χ2n) is 9.71. The van der Waals surface area contributed by atoms with Crippen LogP contribution in [0.2, 0.25) is 0 Å². The van der Waals surface area contributed by atoms with Crippen molar-refractivity contribution in [1.29, 1.82) is 0 Å². The summed E-state index contributed by atoms with van der Waals surface area (Å²) in [6.45, 7) is -0.539. The van der Waals surface area contributed by atoms with Crippen molar-refractivity contribution >= 4 is 27.5 Å². The number of carbonyl (C=O) groups excluding carboxylic acids is 1. The minimum absolute atomic E-state index is 0.00397. The summed E-state index contributed by atoms with van der Waals surface area (Å²) in [5.41, 5.74) is 0.658. The van der Waals surface area contributed by atoms with Gasteiger partial charge in [0.2, 0.25) is 5.76 Å². The average molecular weight is 612 g/mol.